The molecule has 1 saturated carbocycles. The second kappa shape index (κ2) is 6.37. The maximum atomic E-state index is 11.9. The molecule has 1 aliphatic rings. The number of Topliss-reactive ketones (excluding diaryl/α,β-unsaturated/α-hetero) is 1. The van der Waals surface area contributed by atoms with Crippen molar-refractivity contribution in [3.8, 4) is 0 Å². The van der Waals surface area contributed by atoms with E-state index in [1.807, 2.05) is 0 Å². The molecule has 0 aromatic heterocycles. The number of aliphatic carboxylic acids is 1. The van der Waals surface area contributed by atoms with Crippen LogP contribution in [0.3, 0.4) is 0 Å². The van der Waals surface area contributed by atoms with Gasteiger partial charge in [-0.3, -0.25) is 9.59 Å². The van der Waals surface area contributed by atoms with Crippen LogP contribution in [0.15, 0.2) is 0 Å². The molecule has 0 saturated heterocycles. The lowest BCUT2D eigenvalue weighted by Crippen LogP contribution is -2.42. The zero-order valence-corrected chi connectivity index (χ0v) is 10.1. The number of carboxylic acid groups (broad SMARTS) is 1. The van der Waals surface area contributed by atoms with E-state index in [-0.39, 0.29) is 18.1 Å². The van der Waals surface area contributed by atoms with Crippen molar-refractivity contribution in [2.75, 3.05) is 0 Å². The van der Waals surface area contributed by atoms with Gasteiger partial charge in [-0.2, -0.15) is 0 Å². The molecule has 17 heavy (non-hydrogen) atoms. The molecule has 5 heteroatoms. The molecule has 1 fully saturated rings. The predicted octanol–water partition coefficient (Wildman–Crippen LogP) is 1.12. The molecule has 1 rings (SSSR count). The van der Waals surface area contributed by atoms with Crippen molar-refractivity contribution in [2.45, 2.75) is 51.5 Å². The number of carboxylic acids is 1. The van der Waals surface area contributed by atoms with Gasteiger partial charge in [-0.15, -0.1) is 0 Å². The first-order chi connectivity index (χ1) is 8.00. The van der Waals surface area contributed by atoms with Crippen LogP contribution >= 0.6 is 0 Å². The summed E-state index contributed by atoms with van der Waals surface area (Å²) in [5, 5.41) is 11.2. The molecule has 0 aromatic rings. The summed E-state index contributed by atoms with van der Waals surface area (Å²) in [6.45, 7) is 1.25. The maximum absolute atomic E-state index is 11.9. The summed E-state index contributed by atoms with van der Waals surface area (Å²) in [5.74, 6) is -1.62. The fourth-order valence-electron chi connectivity index (χ4n) is 2.24. The lowest BCUT2D eigenvalue weighted by atomic mass is 9.84. The molecule has 0 bridgehead atoms. The van der Waals surface area contributed by atoms with Gasteiger partial charge < -0.3 is 10.4 Å². The standard InChI is InChI=1S/C12H19NO4/c1-8(14)13-10(12(16)17)7-11(15)9-5-3-2-4-6-9/h9-10H,2-7H2,1H3,(H,13,14)(H,16,17). The fraction of sp³-hybridized carbons (Fsp3) is 0.750. The SMILES string of the molecule is CC(=O)NC(CC(=O)C1CCCCC1)C(=O)O. The van der Waals surface area contributed by atoms with Crippen LogP contribution < -0.4 is 5.32 Å². The predicted molar refractivity (Wildman–Crippen MR) is 61.4 cm³/mol. The molecule has 1 amide bonds. The quantitative estimate of drug-likeness (QED) is 0.755. The van der Waals surface area contributed by atoms with Crippen LogP contribution in [0.4, 0.5) is 0 Å². The number of amides is 1. The molecule has 2 N–H and O–H groups in total. The highest BCUT2D eigenvalue weighted by molar-refractivity contribution is 5.89. The maximum Gasteiger partial charge on any atom is 0.326 e. The van der Waals surface area contributed by atoms with E-state index >= 15 is 0 Å². The smallest absolute Gasteiger partial charge is 0.326 e. The summed E-state index contributed by atoms with van der Waals surface area (Å²) >= 11 is 0. The minimum atomic E-state index is -1.15. The van der Waals surface area contributed by atoms with Gasteiger partial charge in [0.25, 0.3) is 0 Å². The molecule has 1 unspecified atom stereocenters. The van der Waals surface area contributed by atoms with E-state index in [2.05, 4.69) is 5.32 Å². The van der Waals surface area contributed by atoms with Gasteiger partial charge >= 0.3 is 5.97 Å². The third-order valence-electron chi connectivity index (χ3n) is 3.14. The highest BCUT2D eigenvalue weighted by atomic mass is 16.4. The third-order valence-corrected chi connectivity index (χ3v) is 3.14. The van der Waals surface area contributed by atoms with Crippen LogP contribution in [-0.2, 0) is 14.4 Å². The van der Waals surface area contributed by atoms with Crippen molar-refractivity contribution >= 4 is 17.7 Å². The van der Waals surface area contributed by atoms with Gasteiger partial charge in [0.1, 0.15) is 11.8 Å². The zero-order chi connectivity index (χ0) is 12.8. The molecule has 96 valence electrons. The first kappa shape index (κ1) is 13.7. The second-order valence-electron chi connectivity index (χ2n) is 4.60. The van der Waals surface area contributed by atoms with Gasteiger partial charge in [0.15, 0.2) is 0 Å². The second-order valence-corrected chi connectivity index (χ2v) is 4.60. The number of hydrogen-bond acceptors (Lipinski definition) is 3. The molecule has 0 aliphatic heterocycles. The number of carbonyl (C=O) groups is 3. The largest absolute Gasteiger partial charge is 0.480 e. The molecule has 0 aromatic carbocycles. The van der Waals surface area contributed by atoms with Crippen molar-refractivity contribution in [1.82, 2.24) is 5.32 Å². The molecular weight excluding hydrogens is 222 g/mol. The Hall–Kier alpha value is -1.39. The van der Waals surface area contributed by atoms with Gasteiger partial charge in [-0.05, 0) is 12.8 Å². The van der Waals surface area contributed by atoms with E-state index in [0.29, 0.717) is 0 Å². The van der Waals surface area contributed by atoms with Crippen LogP contribution in [0.25, 0.3) is 0 Å². The molecule has 0 heterocycles. The summed E-state index contributed by atoms with van der Waals surface area (Å²) in [6, 6.07) is -1.08. The lowest BCUT2D eigenvalue weighted by molar-refractivity contribution is -0.143. The Morgan fingerprint density at radius 2 is 1.82 bits per heavy atom. The summed E-state index contributed by atoms with van der Waals surface area (Å²) < 4.78 is 0. The van der Waals surface area contributed by atoms with E-state index in [9.17, 15) is 14.4 Å². The highest BCUT2D eigenvalue weighted by Crippen LogP contribution is 2.25. The Bertz CT molecular complexity index is 308. The van der Waals surface area contributed by atoms with Crippen LogP contribution in [0.1, 0.15) is 45.4 Å². The summed E-state index contributed by atoms with van der Waals surface area (Å²) in [5.41, 5.74) is 0. The zero-order valence-electron chi connectivity index (χ0n) is 10.1. The number of rotatable bonds is 5. The minimum absolute atomic E-state index is 0.0145. The van der Waals surface area contributed by atoms with E-state index in [1.54, 1.807) is 0 Å². The summed E-state index contributed by atoms with van der Waals surface area (Å²) in [6.07, 6.45) is 4.83. The lowest BCUT2D eigenvalue weighted by Gasteiger charge is -2.22. The van der Waals surface area contributed by atoms with Gasteiger partial charge in [0.2, 0.25) is 5.91 Å². The Balaban J connectivity index is 2.50. The van der Waals surface area contributed by atoms with Crippen molar-refractivity contribution in [2.24, 2.45) is 5.92 Å². The summed E-state index contributed by atoms with van der Waals surface area (Å²) in [7, 11) is 0. The monoisotopic (exact) mass is 241 g/mol. The van der Waals surface area contributed by atoms with E-state index < -0.39 is 17.9 Å². The normalized spacial score (nSPS) is 18.4. The van der Waals surface area contributed by atoms with Gasteiger partial charge in [-0.25, -0.2) is 4.79 Å². The van der Waals surface area contributed by atoms with Crippen LogP contribution in [0.2, 0.25) is 0 Å². The average molecular weight is 241 g/mol. The summed E-state index contributed by atoms with van der Waals surface area (Å²) in [4.78, 5) is 33.6. The van der Waals surface area contributed by atoms with Crippen molar-refractivity contribution < 1.29 is 19.5 Å². The van der Waals surface area contributed by atoms with Gasteiger partial charge in [-0.1, -0.05) is 19.3 Å². The Morgan fingerprint density at radius 1 is 1.24 bits per heavy atom. The Morgan fingerprint density at radius 3 is 2.29 bits per heavy atom. The van der Waals surface area contributed by atoms with Crippen LogP contribution in [0, 0.1) is 5.92 Å². The topological polar surface area (TPSA) is 83.5 Å². The molecule has 0 spiro atoms. The number of carbonyl (C=O) groups excluding carboxylic acids is 2. The van der Waals surface area contributed by atoms with Crippen LogP contribution in [0.5, 0.6) is 0 Å². The third kappa shape index (κ3) is 4.54. The molecule has 5 nitrogen and oxygen atoms in total. The first-order valence-corrected chi connectivity index (χ1v) is 6.03. The Kier molecular flexibility index (Phi) is 5.12. The molecule has 1 atom stereocenters. The Labute approximate surface area is 101 Å². The minimum Gasteiger partial charge on any atom is -0.480 e. The molecule has 1 aliphatic carbocycles. The number of nitrogens with one attached hydrogen (secondary N) is 1. The van der Waals surface area contributed by atoms with E-state index in [4.69, 9.17) is 5.11 Å². The van der Waals surface area contributed by atoms with Crippen molar-refractivity contribution in [3.63, 3.8) is 0 Å². The first-order valence-electron chi connectivity index (χ1n) is 6.03. The van der Waals surface area contributed by atoms with E-state index in [1.165, 1.54) is 6.92 Å². The molecule has 0 radical (unpaired) electrons. The van der Waals surface area contributed by atoms with Crippen LogP contribution in [-0.4, -0.2) is 28.8 Å². The van der Waals surface area contributed by atoms with Gasteiger partial charge in [0, 0.05) is 19.3 Å². The average Bonchev–Trinajstić information content (AvgIpc) is 2.28. The molecular formula is C12H19NO4. The van der Waals surface area contributed by atoms with Gasteiger partial charge in [0.05, 0.1) is 0 Å². The number of hydrogen-bond donors (Lipinski definition) is 2. The van der Waals surface area contributed by atoms with Crippen molar-refractivity contribution in [3.05, 3.63) is 0 Å². The van der Waals surface area contributed by atoms with Crippen molar-refractivity contribution in [1.29, 1.82) is 0 Å². The number of ketones is 1. The van der Waals surface area contributed by atoms with E-state index in [0.717, 1.165) is 32.1 Å². The highest BCUT2D eigenvalue weighted by Gasteiger charge is 2.27. The fourth-order valence-corrected chi connectivity index (χ4v) is 2.24.